The Morgan fingerprint density at radius 3 is 2.79 bits per heavy atom. The summed E-state index contributed by atoms with van der Waals surface area (Å²) in [6, 6.07) is 14.0. The van der Waals surface area contributed by atoms with Crippen LogP contribution in [-0.2, 0) is 4.79 Å². The number of amides is 1. The maximum Gasteiger partial charge on any atom is 0.266 e. The van der Waals surface area contributed by atoms with Crippen LogP contribution in [0.5, 0.6) is 5.75 Å². The molecule has 0 radical (unpaired) electrons. The van der Waals surface area contributed by atoms with Crippen LogP contribution in [0.15, 0.2) is 42.5 Å². The minimum absolute atomic E-state index is 0.301. The van der Waals surface area contributed by atoms with E-state index >= 15 is 0 Å². The normalized spacial score (nSPS) is 11.7. The summed E-state index contributed by atoms with van der Waals surface area (Å²) in [6.45, 7) is 1.65. The average Bonchev–Trinajstić information content (AvgIpc) is 2.96. The van der Waals surface area contributed by atoms with E-state index in [1.54, 1.807) is 49.4 Å². The van der Waals surface area contributed by atoms with Crippen molar-refractivity contribution in [3.05, 3.63) is 53.1 Å². The minimum atomic E-state index is -0.700. The molecular formula is C17H12ClN3O2S. The quantitative estimate of drug-likeness (QED) is 0.758. The lowest BCUT2D eigenvalue weighted by molar-refractivity contribution is -0.122. The molecule has 1 atom stereocenters. The van der Waals surface area contributed by atoms with Gasteiger partial charge < -0.3 is 4.74 Å². The van der Waals surface area contributed by atoms with Crippen molar-refractivity contribution < 1.29 is 9.53 Å². The van der Waals surface area contributed by atoms with Crippen LogP contribution >= 0.6 is 22.9 Å². The van der Waals surface area contributed by atoms with Crippen LogP contribution in [0, 0.1) is 11.3 Å². The lowest BCUT2D eigenvalue weighted by Gasteiger charge is -2.13. The van der Waals surface area contributed by atoms with Gasteiger partial charge in [0.1, 0.15) is 5.75 Å². The predicted octanol–water partition coefficient (Wildman–Crippen LogP) is 4.23. The van der Waals surface area contributed by atoms with Crippen molar-refractivity contribution in [1.82, 2.24) is 4.98 Å². The number of nitrogens with zero attached hydrogens (tertiary/aromatic N) is 2. The summed E-state index contributed by atoms with van der Waals surface area (Å²) >= 11 is 7.30. The number of ether oxygens (including phenoxy) is 1. The largest absolute Gasteiger partial charge is 0.481 e. The molecule has 3 rings (SSSR count). The van der Waals surface area contributed by atoms with Gasteiger partial charge >= 0.3 is 0 Å². The summed E-state index contributed by atoms with van der Waals surface area (Å²) in [4.78, 5) is 16.6. The number of carbonyl (C=O) groups excluding carboxylic acids is 1. The van der Waals surface area contributed by atoms with Crippen LogP contribution in [0.3, 0.4) is 0 Å². The molecule has 120 valence electrons. The molecule has 1 amide bonds. The summed E-state index contributed by atoms with van der Waals surface area (Å²) in [5.74, 6) is 0.220. The van der Waals surface area contributed by atoms with E-state index in [0.29, 0.717) is 21.5 Å². The standard InChI is InChI=1S/C17H12ClN3O2S/c1-10(23-13-5-2-11(9-19)3-6-13)16(22)21-17-20-14-7-4-12(18)8-15(14)24-17/h2-8,10H,1H3,(H,20,21,22)/t10-/m1/s1. The van der Waals surface area contributed by atoms with Crippen LogP contribution in [0.1, 0.15) is 12.5 Å². The number of benzene rings is 2. The topological polar surface area (TPSA) is 75.0 Å². The lowest BCUT2D eigenvalue weighted by atomic mass is 10.2. The van der Waals surface area contributed by atoms with Crippen LogP contribution in [0.25, 0.3) is 10.2 Å². The summed E-state index contributed by atoms with van der Waals surface area (Å²) in [5.41, 5.74) is 1.31. The molecule has 3 aromatic rings. The van der Waals surface area contributed by atoms with E-state index in [9.17, 15) is 4.79 Å². The number of thiazole rings is 1. The van der Waals surface area contributed by atoms with Crippen molar-refractivity contribution in [3.8, 4) is 11.8 Å². The maximum absolute atomic E-state index is 12.2. The fourth-order valence-corrected chi connectivity index (χ4v) is 3.17. The Morgan fingerprint density at radius 2 is 2.08 bits per heavy atom. The Kier molecular flexibility index (Phi) is 4.65. The second kappa shape index (κ2) is 6.87. The van der Waals surface area contributed by atoms with Crippen LogP contribution in [0.4, 0.5) is 5.13 Å². The fourth-order valence-electron chi connectivity index (χ4n) is 2.02. The first-order valence-electron chi connectivity index (χ1n) is 7.09. The smallest absolute Gasteiger partial charge is 0.266 e. The molecule has 1 N–H and O–H groups in total. The molecule has 7 heteroatoms. The highest BCUT2D eigenvalue weighted by molar-refractivity contribution is 7.22. The molecular weight excluding hydrogens is 346 g/mol. The maximum atomic E-state index is 12.2. The Balaban J connectivity index is 1.67. The molecule has 1 heterocycles. The summed E-state index contributed by atoms with van der Waals surface area (Å²) in [7, 11) is 0. The van der Waals surface area contributed by atoms with Crippen molar-refractivity contribution in [2.45, 2.75) is 13.0 Å². The Bertz CT molecular complexity index is 931. The van der Waals surface area contributed by atoms with Crippen molar-refractivity contribution in [2.75, 3.05) is 5.32 Å². The van der Waals surface area contributed by atoms with Crippen molar-refractivity contribution in [2.24, 2.45) is 0 Å². The van der Waals surface area contributed by atoms with E-state index in [0.717, 1.165) is 10.2 Å². The SMILES string of the molecule is C[C@@H](Oc1ccc(C#N)cc1)C(=O)Nc1nc2ccc(Cl)cc2s1. The summed E-state index contributed by atoms with van der Waals surface area (Å²) in [6.07, 6.45) is -0.700. The zero-order valence-electron chi connectivity index (χ0n) is 12.6. The summed E-state index contributed by atoms with van der Waals surface area (Å²) in [5, 5.41) is 12.6. The molecule has 0 bridgehead atoms. The van der Waals surface area contributed by atoms with Crippen LogP contribution in [0.2, 0.25) is 5.02 Å². The van der Waals surface area contributed by atoms with Gasteiger partial charge in [-0.25, -0.2) is 4.98 Å². The third-order valence-corrected chi connectivity index (χ3v) is 4.41. The fraction of sp³-hybridized carbons (Fsp3) is 0.118. The molecule has 0 aliphatic carbocycles. The molecule has 0 saturated carbocycles. The zero-order chi connectivity index (χ0) is 17.1. The number of hydrogen-bond donors (Lipinski definition) is 1. The number of rotatable bonds is 4. The number of anilines is 1. The number of aromatic nitrogens is 1. The lowest BCUT2D eigenvalue weighted by Crippen LogP contribution is -2.30. The molecule has 0 unspecified atom stereocenters. The van der Waals surface area contributed by atoms with E-state index in [1.807, 2.05) is 6.07 Å². The van der Waals surface area contributed by atoms with E-state index in [1.165, 1.54) is 11.3 Å². The molecule has 2 aromatic carbocycles. The molecule has 0 aliphatic heterocycles. The van der Waals surface area contributed by atoms with Gasteiger partial charge in [0.05, 0.1) is 21.8 Å². The van der Waals surface area contributed by atoms with Crippen LogP contribution < -0.4 is 10.1 Å². The van der Waals surface area contributed by atoms with Crippen molar-refractivity contribution in [1.29, 1.82) is 5.26 Å². The molecule has 0 saturated heterocycles. The van der Waals surface area contributed by atoms with Crippen LogP contribution in [-0.4, -0.2) is 17.0 Å². The van der Waals surface area contributed by atoms with Gasteiger partial charge in [0.25, 0.3) is 5.91 Å². The number of halogens is 1. The van der Waals surface area contributed by atoms with Gasteiger partial charge in [-0.1, -0.05) is 22.9 Å². The molecule has 1 aromatic heterocycles. The molecule has 5 nitrogen and oxygen atoms in total. The Hall–Kier alpha value is -2.62. The Labute approximate surface area is 147 Å². The second-order valence-corrected chi connectivity index (χ2v) is 6.48. The number of nitriles is 1. The predicted molar refractivity (Wildman–Crippen MR) is 94.5 cm³/mol. The van der Waals surface area contributed by atoms with E-state index < -0.39 is 6.10 Å². The minimum Gasteiger partial charge on any atom is -0.481 e. The highest BCUT2D eigenvalue weighted by atomic mass is 35.5. The van der Waals surface area contributed by atoms with E-state index in [-0.39, 0.29) is 5.91 Å². The molecule has 24 heavy (non-hydrogen) atoms. The van der Waals surface area contributed by atoms with Gasteiger partial charge in [-0.15, -0.1) is 0 Å². The average molecular weight is 358 g/mol. The monoisotopic (exact) mass is 357 g/mol. The highest BCUT2D eigenvalue weighted by Crippen LogP contribution is 2.28. The number of fused-ring (bicyclic) bond motifs is 1. The Morgan fingerprint density at radius 1 is 1.33 bits per heavy atom. The molecule has 0 aliphatic rings. The van der Waals surface area contributed by atoms with Gasteiger partial charge in [-0.3, -0.25) is 10.1 Å². The van der Waals surface area contributed by atoms with Gasteiger partial charge in [-0.2, -0.15) is 5.26 Å². The molecule has 0 fully saturated rings. The van der Waals surface area contributed by atoms with Gasteiger partial charge in [0.2, 0.25) is 0 Å². The van der Waals surface area contributed by atoms with Gasteiger partial charge in [0, 0.05) is 5.02 Å². The molecule has 0 spiro atoms. The highest BCUT2D eigenvalue weighted by Gasteiger charge is 2.17. The van der Waals surface area contributed by atoms with E-state index in [4.69, 9.17) is 21.6 Å². The zero-order valence-corrected chi connectivity index (χ0v) is 14.2. The van der Waals surface area contributed by atoms with E-state index in [2.05, 4.69) is 10.3 Å². The number of hydrogen-bond acceptors (Lipinski definition) is 5. The van der Waals surface area contributed by atoms with Gasteiger partial charge in [-0.05, 0) is 49.4 Å². The second-order valence-electron chi connectivity index (χ2n) is 5.02. The van der Waals surface area contributed by atoms with Crippen molar-refractivity contribution in [3.63, 3.8) is 0 Å². The van der Waals surface area contributed by atoms with Gasteiger partial charge in [0.15, 0.2) is 11.2 Å². The number of carbonyl (C=O) groups is 1. The first-order valence-corrected chi connectivity index (χ1v) is 8.28. The number of nitrogens with one attached hydrogen (secondary N) is 1. The first-order chi connectivity index (χ1) is 11.5. The third kappa shape index (κ3) is 3.65. The first kappa shape index (κ1) is 16.2. The van der Waals surface area contributed by atoms with Crippen molar-refractivity contribution >= 4 is 44.2 Å². The summed E-state index contributed by atoms with van der Waals surface area (Å²) < 4.78 is 6.48. The third-order valence-electron chi connectivity index (χ3n) is 3.25.